The second-order valence-corrected chi connectivity index (χ2v) is 3.17. The van der Waals surface area contributed by atoms with Gasteiger partial charge in [-0.15, -0.1) is 0 Å². The van der Waals surface area contributed by atoms with Crippen LogP contribution in [-0.4, -0.2) is 16.4 Å². The van der Waals surface area contributed by atoms with E-state index in [2.05, 4.69) is 14.7 Å². The van der Waals surface area contributed by atoms with Gasteiger partial charge in [0.2, 0.25) is 12.2 Å². The van der Waals surface area contributed by atoms with E-state index in [0.29, 0.717) is 6.29 Å². The first-order chi connectivity index (χ1) is 8.02. The Morgan fingerprint density at radius 3 is 2.59 bits per heavy atom. The van der Waals surface area contributed by atoms with Crippen LogP contribution < -0.4 is 0 Å². The minimum Gasteiger partial charge on any atom is -0.342 e. The molecule has 17 heavy (non-hydrogen) atoms. The van der Waals surface area contributed by atoms with Gasteiger partial charge in [0.25, 0.3) is 0 Å². The lowest BCUT2D eigenvalue weighted by molar-refractivity contribution is -0.137. The monoisotopic (exact) mass is 242 g/mol. The van der Waals surface area contributed by atoms with Crippen molar-refractivity contribution in [3.63, 3.8) is 0 Å². The van der Waals surface area contributed by atoms with Crippen LogP contribution in [0.2, 0.25) is 0 Å². The number of benzene rings is 1. The smallest absolute Gasteiger partial charge is 0.342 e. The number of hydrogen-bond donors (Lipinski definition) is 0. The average Bonchev–Trinajstić information content (AvgIpc) is 2.80. The highest BCUT2D eigenvalue weighted by Gasteiger charge is 2.31. The molecule has 0 saturated carbocycles. The maximum absolute atomic E-state index is 12.5. The van der Waals surface area contributed by atoms with Crippen molar-refractivity contribution in [2.45, 2.75) is 6.18 Å². The fourth-order valence-electron chi connectivity index (χ4n) is 1.32. The second kappa shape index (κ2) is 4.00. The van der Waals surface area contributed by atoms with Crippen molar-refractivity contribution >= 4 is 6.29 Å². The van der Waals surface area contributed by atoms with Crippen molar-refractivity contribution in [3.05, 3.63) is 35.7 Å². The maximum atomic E-state index is 12.5. The molecule has 0 spiro atoms. The van der Waals surface area contributed by atoms with Crippen LogP contribution in [0.4, 0.5) is 13.2 Å². The van der Waals surface area contributed by atoms with Crippen molar-refractivity contribution in [1.29, 1.82) is 0 Å². The normalized spacial score (nSPS) is 11.5. The van der Waals surface area contributed by atoms with Gasteiger partial charge in [0.15, 0.2) is 6.29 Å². The first-order valence-electron chi connectivity index (χ1n) is 4.45. The maximum Gasteiger partial charge on any atom is 0.416 e. The Balaban J connectivity index is 2.59. The Labute approximate surface area is 93.1 Å². The fraction of sp³-hybridized carbons (Fsp3) is 0.100. The molecule has 1 aromatic heterocycles. The highest BCUT2D eigenvalue weighted by atomic mass is 19.4. The van der Waals surface area contributed by atoms with Gasteiger partial charge in [-0.05, 0) is 12.1 Å². The molecule has 1 heterocycles. The Bertz CT molecular complexity index is 535. The number of aromatic nitrogens is 2. The summed E-state index contributed by atoms with van der Waals surface area (Å²) in [7, 11) is 0. The summed E-state index contributed by atoms with van der Waals surface area (Å²) < 4.78 is 41.9. The summed E-state index contributed by atoms with van der Waals surface area (Å²) in [5.41, 5.74) is -0.814. The molecule has 0 aliphatic heterocycles. The van der Waals surface area contributed by atoms with Crippen LogP contribution in [-0.2, 0) is 6.18 Å². The molecule has 0 radical (unpaired) electrons. The molecule has 0 atom stereocenters. The zero-order chi connectivity index (χ0) is 12.5. The van der Waals surface area contributed by atoms with Gasteiger partial charge in [0, 0.05) is 11.1 Å². The van der Waals surface area contributed by atoms with Crippen LogP contribution >= 0.6 is 0 Å². The van der Waals surface area contributed by atoms with E-state index in [0.717, 1.165) is 24.6 Å². The Kier molecular flexibility index (Phi) is 2.66. The van der Waals surface area contributed by atoms with E-state index >= 15 is 0 Å². The summed E-state index contributed by atoms with van der Waals surface area (Å²) >= 11 is 0. The minimum atomic E-state index is -4.49. The standard InChI is InChI=1S/C10H5F3N2O2/c11-10(12,13)7-2-1-6(4-16)8(3-7)9-14-5-17-15-9/h1-5H. The average molecular weight is 242 g/mol. The number of carbonyl (C=O) groups is 1. The molecule has 1 aromatic carbocycles. The number of alkyl halides is 3. The third kappa shape index (κ3) is 2.17. The van der Waals surface area contributed by atoms with E-state index in [1.165, 1.54) is 0 Å². The number of halogens is 3. The van der Waals surface area contributed by atoms with Crippen LogP contribution in [0, 0.1) is 0 Å². The molecule has 0 saturated heterocycles. The number of carbonyl (C=O) groups excluding carboxylic acids is 1. The molecule has 2 rings (SSSR count). The summed E-state index contributed by atoms with van der Waals surface area (Å²) in [6.45, 7) is 0. The van der Waals surface area contributed by atoms with Crippen molar-refractivity contribution in [2.75, 3.05) is 0 Å². The SMILES string of the molecule is O=Cc1ccc(C(F)(F)F)cc1-c1ncon1. The Hall–Kier alpha value is -2.18. The summed E-state index contributed by atoms with van der Waals surface area (Å²) in [6, 6.07) is 2.71. The summed E-state index contributed by atoms with van der Waals surface area (Å²) in [5.74, 6) is -0.0572. The van der Waals surface area contributed by atoms with E-state index in [9.17, 15) is 18.0 Å². The lowest BCUT2D eigenvalue weighted by Crippen LogP contribution is -2.06. The molecule has 0 bridgehead atoms. The first kappa shape index (κ1) is 11.3. The molecule has 0 aliphatic rings. The molecule has 88 valence electrons. The van der Waals surface area contributed by atoms with Gasteiger partial charge in [-0.2, -0.15) is 18.2 Å². The van der Waals surface area contributed by atoms with Crippen LogP contribution in [0.5, 0.6) is 0 Å². The van der Waals surface area contributed by atoms with Crippen molar-refractivity contribution < 1.29 is 22.5 Å². The van der Waals surface area contributed by atoms with Crippen LogP contribution in [0.25, 0.3) is 11.4 Å². The first-order valence-corrected chi connectivity index (χ1v) is 4.45. The second-order valence-electron chi connectivity index (χ2n) is 3.17. The molecule has 0 N–H and O–H groups in total. The van der Waals surface area contributed by atoms with E-state index in [1.807, 2.05) is 0 Å². The van der Waals surface area contributed by atoms with Gasteiger partial charge >= 0.3 is 6.18 Å². The molecule has 7 heteroatoms. The summed E-state index contributed by atoms with van der Waals surface area (Å²) in [4.78, 5) is 14.3. The Morgan fingerprint density at radius 2 is 2.06 bits per heavy atom. The third-order valence-electron chi connectivity index (χ3n) is 2.11. The van der Waals surface area contributed by atoms with Crippen LogP contribution in [0.1, 0.15) is 15.9 Å². The third-order valence-corrected chi connectivity index (χ3v) is 2.11. The highest BCUT2D eigenvalue weighted by Crippen LogP contribution is 2.32. The minimum absolute atomic E-state index is 0.0106. The molecule has 0 fully saturated rings. The van der Waals surface area contributed by atoms with Gasteiger partial charge in [-0.1, -0.05) is 11.2 Å². The summed E-state index contributed by atoms with van der Waals surface area (Å²) in [5, 5.41) is 3.41. The molecular weight excluding hydrogens is 237 g/mol. The van der Waals surface area contributed by atoms with Crippen molar-refractivity contribution in [3.8, 4) is 11.4 Å². The van der Waals surface area contributed by atoms with Crippen LogP contribution in [0.15, 0.2) is 29.1 Å². The van der Waals surface area contributed by atoms with Gasteiger partial charge in [-0.25, -0.2) is 0 Å². The van der Waals surface area contributed by atoms with Gasteiger partial charge in [0.1, 0.15) is 0 Å². The number of rotatable bonds is 2. The molecule has 0 aliphatic carbocycles. The number of nitrogens with zero attached hydrogens (tertiary/aromatic N) is 2. The quantitative estimate of drug-likeness (QED) is 0.759. The Morgan fingerprint density at radius 1 is 1.29 bits per heavy atom. The zero-order valence-electron chi connectivity index (χ0n) is 8.23. The van der Waals surface area contributed by atoms with Gasteiger partial charge in [-0.3, -0.25) is 4.79 Å². The van der Waals surface area contributed by atoms with Gasteiger partial charge in [0.05, 0.1) is 5.56 Å². The summed E-state index contributed by atoms with van der Waals surface area (Å²) in [6.07, 6.45) is -3.07. The van der Waals surface area contributed by atoms with E-state index < -0.39 is 11.7 Å². The lowest BCUT2D eigenvalue weighted by Gasteiger charge is -2.08. The largest absolute Gasteiger partial charge is 0.416 e. The molecular formula is C10H5F3N2O2. The van der Waals surface area contributed by atoms with Crippen molar-refractivity contribution in [1.82, 2.24) is 10.1 Å². The predicted octanol–water partition coefficient (Wildman–Crippen LogP) is 2.57. The van der Waals surface area contributed by atoms with E-state index in [1.54, 1.807) is 0 Å². The molecule has 0 amide bonds. The number of hydrogen-bond acceptors (Lipinski definition) is 4. The van der Waals surface area contributed by atoms with Crippen LogP contribution in [0.3, 0.4) is 0 Å². The van der Waals surface area contributed by atoms with E-state index in [-0.39, 0.29) is 17.0 Å². The molecule has 2 aromatic rings. The topological polar surface area (TPSA) is 56.0 Å². The van der Waals surface area contributed by atoms with Gasteiger partial charge < -0.3 is 4.52 Å². The zero-order valence-corrected chi connectivity index (χ0v) is 8.23. The van der Waals surface area contributed by atoms with E-state index in [4.69, 9.17) is 0 Å². The predicted molar refractivity (Wildman–Crippen MR) is 50.1 cm³/mol. The fourth-order valence-corrected chi connectivity index (χ4v) is 1.32. The van der Waals surface area contributed by atoms with Crippen molar-refractivity contribution in [2.24, 2.45) is 0 Å². The highest BCUT2D eigenvalue weighted by molar-refractivity contribution is 5.85. The molecule has 4 nitrogen and oxygen atoms in total. The lowest BCUT2D eigenvalue weighted by atomic mass is 10.0. The molecule has 0 unspecified atom stereocenters. The number of aldehydes is 1.